The Hall–Kier alpha value is -4.49. The number of hydrogen-bond donors (Lipinski definition) is 2. The first-order valence-corrected chi connectivity index (χ1v) is 18.8. The Balaban J connectivity index is 1.06. The van der Waals surface area contributed by atoms with E-state index >= 15 is 0 Å². The number of hydrogen-bond acceptors (Lipinski definition) is 9. The summed E-state index contributed by atoms with van der Waals surface area (Å²) >= 11 is 0. The lowest BCUT2D eigenvalue weighted by molar-refractivity contribution is -0.276. The number of aromatic nitrogens is 2. The van der Waals surface area contributed by atoms with E-state index in [-0.39, 0.29) is 36.2 Å². The van der Waals surface area contributed by atoms with Crippen LogP contribution < -0.4 is 9.62 Å². The molecule has 0 radical (unpaired) electrons. The number of ether oxygens (including phenoxy) is 2. The topological polar surface area (TPSA) is 117 Å². The van der Waals surface area contributed by atoms with Crippen LogP contribution >= 0.6 is 0 Å². The van der Waals surface area contributed by atoms with Crippen molar-refractivity contribution in [3.05, 3.63) is 144 Å². The van der Waals surface area contributed by atoms with Gasteiger partial charge in [0.1, 0.15) is 0 Å². The Morgan fingerprint density at radius 1 is 0.765 bits per heavy atom. The van der Waals surface area contributed by atoms with Gasteiger partial charge < -0.3 is 19.5 Å². The van der Waals surface area contributed by atoms with Crippen LogP contribution in [-0.2, 0) is 32.6 Å². The van der Waals surface area contributed by atoms with Gasteiger partial charge in [-0.05, 0) is 52.1 Å². The summed E-state index contributed by atoms with van der Waals surface area (Å²) in [5, 5.41) is 9.62. The molecule has 3 heterocycles. The van der Waals surface area contributed by atoms with Crippen molar-refractivity contribution in [2.45, 2.75) is 43.5 Å². The number of nitrogens with one attached hydrogen (secondary N) is 1. The van der Waals surface area contributed by atoms with Gasteiger partial charge in [0.15, 0.2) is 6.29 Å². The molecule has 264 valence electrons. The molecule has 5 aromatic rings. The van der Waals surface area contributed by atoms with Gasteiger partial charge in [-0.2, -0.15) is 0 Å². The molecule has 2 fully saturated rings. The van der Waals surface area contributed by atoms with E-state index in [1.807, 2.05) is 66.7 Å². The fourth-order valence-corrected chi connectivity index (χ4v) is 7.76. The smallest absolute Gasteiger partial charge is 0.240 e. The van der Waals surface area contributed by atoms with E-state index in [1.165, 1.54) is 0 Å². The molecule has 4 atom stereocenters. The summed E-state index contributed by atoms with van der Waals surface area (Å²) < 4.78 is 41.7. The molecule has 2 saturated heterocycles. The number of aliphatic hydroxyl groups is 1. The van der Waals surface area contributed by atoms with E-state index in [4.69, 9.17) is 9.47 Å². The summed E-state index contributed by atoms with van der Waals surface area (Å²) in [5.41, 5.74) is 5.69. The minimum Gasteiger partial charge on any atom is -0.392 e. The third kappa shape index (κ3) is 8.36. The van der Waals surface area contributed by atoms with Crippen LogP contribution in [-0.4, -0.2) is 67.2 Å². The number of rotatable bonds is 11. The highest BCUT2D eigenvalue weighted by Crippen LogP contribution is 2.42. The molecule has 0 spiro atoms. The van der Waals surface area contributed by atoms with Crippen molar-refractivity contribution in [3.63, 3.8) is 0 Å². The average molecular weight is 706 g/mol. The molecule has 2 N–H and O–H groups in total. The van der Waals surface area contributed by atoms with E-state index in [1.54, 1.807) is 42.7 Å². The molecule has 0 amide bonds. The molecule has 11 heteroatoms. The molecular weight excluding hydrogens is 663 g/mol. The van der Waals surface area contributed by atoms with Crippen LogP contribution in [0.25, 0.3) is 11.1 Å². The molecule has 0 unspecified atom stereocenters. The highest BCUT2D eigenvalue weighted by atomic mass is 32.2. The summed E-state index contributed by atoms with van der Waals surface area (Å²) in [6.45, 7) is 6.60. The number of aliphatic hydroxyl groups excluding tert-OH is 1. The quantitative estimate of drug-likeness (QED) is 0.178. The summed E-state index contributed by atoms with van der Waals surface area (Å²) in [6, 6.07) is 34.3. The fourth-order valence-electron chi connectivity index (χ4n) is 6.72. The number of sulfonamides is 1. The molecule has 7 rings (SSSR count). The summed E-state index contributed by atoms with van der Waals surface area (Å²) in [6.07, 6.45) is 2.71. The van der Waals surface area contributed by atoms with Crippen LogP contribution in [0.15, 0.2) is 126 Å². The van der Waals surface area contributed by atoms with Gasteiger partial charge >= 0.3 is 0 Å². The van der Waals surface area contributed by atoms with E-state index in [9.17, 15) is 13.5 Å². The van der Waals surface area contributed by atoms with E-state index in [0.717, 1.165) is 72.1 Å². The van der Waals surface area contributed by atoms with Crippen molar-refractivity contribution in [1.82, 2.24) is 19.6 Å². The van der Waals surface area contributed by atoms with Gasteiger partial charge in [-0.1, -0.05) is 91.9 Å². The largest absolute Gasteiger partial charge is 0.392 e. The van der Waals surface area contributed by atoms with Gasteiger partial charge in [0, 0.05) is 63.1 Å². The van der Waals surface area contributed by atoms with Crippen LogP contribution in [0.1, 0.15) is 41.6 Å². The lowest BCUT2D eigenvalue weighted by atomic mass is 9.89. The lowest BCUT2D eigenvalue weighted by Gasteiger charge is -2.44. The normalized spacial score (nSPS) is 21.4. The number of piperazine rings is 1. The zero-order valence-corrected chi connectivity index (χ0v) is 29.4. The second kappa shape index (κ2) is 15.8. The zero-order valence-electron chi connectivity index (χ0n) is 28.6. The van der Waals surface area contributed by atoms with E-state index in [2.05, 4.69) is 43.5 Å². The fraction of sp³-hybridized carbons (Fsp3) is 0.300. The van der Waals surface area contributed by atoms with Gasteiger partial charge in [0.05, 0.1) is 23.7 Å². The highest BCUT2D eigenvalue weighted by Gasteiger charge is 2.39. The molecule has 0 aliphatic carbocycles. The van der Waals surface area contributed by atoms with Crippen molar-refractivity contribution < 1.29 is 23.0 Å². The second-order valence-corrected chi connectivity index (χ2v) is 14.9. The Morgan fingerprint density at radius 3 is 2.18 bits per heavy atom. The van der Waals surface area contributed by atoms with Crippen LogP contribution in [0.2, 0.25) is 0 Å². The van der Waals surface area contributed by atoms with Crippen molar-refractivity contribution in [2.24, 2.45) is 5.92 Å². The van der Waals surface area contributed by atoms with E-state index < -0.39 is 16.3 Å². The average Bonchev–Trinajstić information content (AvgIpc) is 3.19. The molecule has 0 bridgehead atoms. The standard InChI is InChI=1S/C40H43N5O5S/c1-29-37(27-44-21-23-45(24-22-44)40-41-19-6-20-42-40)49-39(50-38(29)33-13-11-30(28-46)12-14-33)34-17-15-32(16-18-34)35-8-5-7-31(25-35)26-43-51(47,48)36-9-3-2-4-10-36/h2-20,25,29,37-39,43,46H,21-24,26-28H2,1H3/t29-,37+,38+,39+/m1/s1. The zero-order chi connectivity index (χ0) is 35.2. The Kier molecular flexibility index (Phi) is 10.8. The van der Waals surface area contributed by atoms with Crippen LogP contribution in [0.5, 0.6) is 0 Å². The first-order chi connectivity index (χ1) is 24.9. The van der Waals surface area contributed by atoms with Gasteiger partial charge in [-0.15, -0.1) is 0 Å². The van der Waals surface area contributed by atoms with Crippen LogP contribution in [0.3, 0.4) is 0 Å². The van der Waals surface area contributed by atoms with Gasteiger partial charge in [-0.3, -0.25) is 4.90 Å². The second-order valence-electron chi connectivity index (χ2n) is 13.1. The van der Waals surface area contributed by atoms with Crippen molar-refractivity contribution >= 4 is 16.0 Å². The third-order valence-corrected chi connectivity index (χ3v) is 11.1. The predicted octanol–water partition coefficient (Wildman–Crippen LogP) is 5.73. The maximum Gasteiger partial charge on any atom is 0.240 e. The van der Waals surface area contributed by atoms with Crippen molar-refractivity contribution in [3.8, 4) is 11.1 Å². The summed E-state index contributed by atoms with van der Waals surface area (Å²) in [5.74, 6) is 0.847. The predicted molar refractivity (Wildman–Crippen MR) is 196 cm³/mol. The Labute approximate surface area is 299 Å². The minimum atomic E-state index is -3.61. The van der Waals surface area contributed by atoms with Gasteiger partial charge in [0.25, 0.3) is 0 Å². The monoisotopic (exact) mass is 705 g/mol. The molecule has 0 saturated carbocycles. The van der Waals surface area contributed by atoms with Crippen molar-refractivity contribution in [2.75, 3.05) is 37.6 Å². The molecule has 51 heavy (non-hydrogen) atoms. The number of nitrogens with zero attached hydrogens (tertiary/aromatic N) is 4. The summed E-state index contributed by atoms with van der Waals surface area (Å²) in [7, 11) is -3.61. The number of benzene rings is 4. The molecule has 4 aromatic carbocycles. The van der Waals surface area contributed by atoms with Crippen molar-refractivity contribution in [1.29, 1.82) is 0 Å². The molecule has 10 nitrogen and oxygen atoms in total. The SMILES string of the molecule is C[C@@H]1[C@H](CN2CCN(c3ncccn3)CC2)O[C@H](c2ccc(-c3cccc(CNS(=O)(=O)c4ccccc4)c3)cc2)O[C@@H]1c1ccc(CO)cc1. The first-order valence-electron chi connectivity index (χ1n) is 17.4. The molecular formula is C40H43N5O5S. The molecule has 2 aliphatic rings. The maximum absolute atomic E-state index is 12.8. The minimum absolute atomic E-state index is 0.00568. The van der Waals surface area contributed by atoms with Crippen LogP contribution in [0, 0.1) is 5.92 Å². The Bertz CT molecular complexity index is 1970. The molecule has 1 aromatic heterocycles. The van der Waals surface area contributed by atoms with E-state index in [0.29, 0.717) is 0 Å². The third-order valence-electron chi connectivity index (χ3n) is 9.73. The highest BCUT2D eigenvalue weighted by molar-refractivity contribution is 7.89. The molecule has 2 aliphatic heterocycles. The first kappa shape index (κ1) is 34.9. The summed E-state index contributed by atoms with van der Waals surface area (Å²) in [4.78, 5) is 13.8. The lowest BCUT2D eigenvalue weighted by Crippen LogP contribution is -2.51. The van der Waals surface area contributed by atoms with Gasteiger partial charge in [0.2, 0.25) is 16.0 Å². The van der Waals surface area contributed by atoms with Crippen LogP contribution in [0.4, 0.5) is 5.95 Å². The van der Waals surface area contributed by atoms with Gasteiger partial charge in [-0.25, -0.2) is 23.1 Å². The Morgan fingerprint density at radius 2 is 1.47 bits per heavy atom. The maximum atomic E-state index is 12.8. The number of anilines is 1.